The number of fused-ring (bicyclic) bond motifs is 2. The van der Waals surface area contributed by atoms with Gasteiger partial charge in [0.1, 0.15) is 28.5 Å². The molecule has 0 aliphatic carbocycles. The van der Waals surface area contributed by atoms with E-state index in [1.807, 2.05) is 33.0 Å². The van der Waals surface area contributed by atoms with Crippen molar-refractivity contribution in [2.75, 3.05) is 5.73 Å². The Balaban J connectivity index is 2.27. The van der Waals surface area contributed by atoms with E-state index in [2.05, 4.69) is 21.0 Å². The molecule has 0 spiro atoms. The van der Waals surface area contributed by atoms with Crippen LogP contribution in [0, 0.1) is 13.8 Å². The Labute approximate surface area is 134 Å². The lowest BCUT2D eigenvalue weighted by Crippen LogP contribution is -1.98. The zero-order valence-electron chi connectivity index (χ0n) is 12.4. The maximum Gasteiger partial charge on any atom is 0.149 e. The van der Waals surface area contributed by atoms with Crippen molar-refractivity contribution in [2.24, 2.45) is 7.05 Å². The molecule has 0 saturated carbocycles. The molecule has 0 bridgehead atoms. The van der Waals surface area contributed by atoms with Gasteiger partial charge in [-0.05, 0) is 41.9 Å². The van der Waals surface area contributed by atoms with Crippen LogP contribution in [0.3, 0.4) is 0 Å². The highest BCUT2D eigenvalue weighted by molar-refractivity contribution is 9.10. The molecule has 22 heavy (non-hydrogen) atoms. The monoisotopic (exact) mass is 359 g/mol. The molecule has 0 aliphatic heterocycles. The van der Waals surface area contributed by atoms with Crippen molar-refractivity contribution in [3.05, 3.63) is 34.3 Å². The first kappa shape index (κ1) is 13.5. The number of rotatable bonds is 1. The van der Waals surface area contributed by atoms with Gasteiger partial charge in [-0.1, -0.05) is 0 Å². The summed E-state index contributed by atoms with van der Waals surface area (Å²) in [6, 6.07) is 3.99. The average Bonchev–Trinajstić information content (AvgIpc) is 3.12. The lowest BCUT2D eigenvalue weighted by Gasteiger charge is -2.06. The number of nitrogens with two attached hydrogens (primary N) is 1. The van der Waals surface area contributed by atoms with Gasteiger partial charge in [-0.25, -0.2) is 0 Å². The standard InChI is InChI=1S/C16H14BrN3O2/c1-7-4-9-12(11-6-19-20(3)16(11)18)14-10(5-8(2)21-14)13(17)15(9)22-7/h4-6H,18H2,1-3H3. The third-order valence-corrected chi connectivity index (χ3v) is 4.68. The molecule has 6 heteroatoms. The van der Waals surface area contributed by atoms with Gasteiger partial charge in [-0.15, -0.1) is 0 Å². The summed E-state index contributed by atoms with van der Waals surface area (Å²) in [4.78, 5) is 0. The first-order valence-electron chi connectivity index (χ1n) is 6.87. The van der Waals surface area contributed by atoms with Crippen molar-refractivity contribution >= 4 is 43.7 Å². The molecule has 112 valence electrons. The molecular weight excluding hydrogens is 346 g/mol. The Morgan fingerprint density at radius 1 is 1.09 bits per heavy atom. The molecule has 4 rings (SSSR count). The van der Waals surface area contributed by atoms with E-state index in [0.29, 0.717) is 5.82 Å². The maximum absolute atomic E-state index is 6.18. The van der Waals surface area contributed by atoms with Crippen LogP contribution < -0.4 is 5.73 Å². The number of aryl methyl sites for hydroxylation is 3. The topological polar surface area (TPSA) is 70.1 Å². The highest BCUT2D eigenvalue weighted by atomic mass is 79.9. The Kier molecular flexibility index (Phi) is 2.69. The second kappa shape index (κ2) is 4.39. The Morgan fingerprint density at radius 3 is 2.36 bits per heavy atom. The minimum absolute atomic E-state index is 0.595. The molecular formula is C16H14BrN3O2. The Hall–Kier alpha value is -2.21. The van der Waals surface area contributed by atoms with Gasteiger partial charge in [0.15, 0.2) is 0 Å². The zero-order valence-corrected chi connectivity index (χ0v) is 14.0. The van der Waals surface area contributed by atoms with Gasteiger partial charge in [0.05, 0.1) is 10.7 Å². The molecule has 0 amide bonds. The van der Waals surface area contributed by atoms with E-state index in [9.17, 15) is 0 Å². The average molecular weight is 360 g/mol. The minimum Gasteiger partial charge on any atom is -0.461 e. The number of aromatic nitrogens is 2. The third-order valence-electron chi connectivity index (χ3n) is 3.90. The molecule has 0 saturated heterocycles. The number of benzene rings is 1. The van der Waals surface area contributed by atoms with Crippen LogP contribution >= 0.6 is 15.9 Å². The second-order valence-corrected chi connectivity index (χ2v) is 6.25. The highest BCUT2D eigenvalue weighted by Crippen LogP contribution is 2.45. The molecule has 1 aromatic carbocycles. The molecule has 3 heterocycles. The smallest absolute Gasteiger partial charge is 0.149 e. The zero-order chi connectivity index (χ0) is 15.6. The maximum atomic E-state index is 6.18. The Morgan fingerprint density at radius 2 is 1.73 bits per heavy atom. The van der Waals surface area contributed by atoms with E-state index < -0.39 is 0 Å². The molecule has 5 nitrogen and oxygen atoms in total. The van der Waals surface area contributed by atoms with Crippen molar-refractivity contribution in [3.8, 4) is 11.1 Å². The van der Waals surface area contributed by atoms with Gasteiger partial charge < -0.3 is 14.6 Å². The molecule has 0 aliphatic rings. The van der Waals surface area contributed by atoms with Gasteiger partial charge in [0.25, 0.3) is 0 Å². The molecule has 0 atom stereocenters. The van der Waals surface area contributed by atoms with Gasteiger partial charge in [-0.2, -0.15) is 5.10 Å². The largest absolute Gasteiger partial charge is 0.461 e. The fourth-order valence-corrected chi connectivity index (χ4v) is 3.47. The van der Waals surface area contributed by atoms with E-state index in [1.165, 1.54) is 0 Å². The predicted molar refractivity (Wildman–Crippen MR) is 89.8 cm³/mol. The van der Waals surface area contributed by atoms with Crippen molar-refractivity contribution in [1.29, 1.82) is 0 Å². The Bertz CT molecular complexity index is 981. The van der Waals surface area contributed by atoms with E-state index in [0.717, 1.165) is 49.1 Å². The normalized spacial score (nSPS) is 11.8. The SMILES string of the molecule is Cc1cc2c(-c3cnn(C)c3N)c3oc(C)cc3c(Br)c2o1. The summed E-state index contributed by atoms with van der Waals surface area (Å²) >= 11 is 3.63. The number of nitrogens with zero attached hydrogens (tertiary/aromatic N) is 2. The second-order valence-electron chi connectivity index (χ2n) is 5.46. The van der Waals surface area contributed by atoms with Crippen molar-refractivity contribution < 1.29 is 8.83 Å². The van der Waals surface area contributed by atoms with Crippen LogP contribution in [-0.2, 0) is 7.05 Å². The number of hydrogen-bond donors (Lipinski definition) is 1. The van der Waals surface area contributed by atoms with Gasteiger partial charge in [-0.3, -0.25) is 4.68 Å². The highest BCUT2D eigenvalue weighted by Gasteiger charge is 2.23. The predicted octanol–water partition coefficient (Wildman–Crippen LogP) is 4.54. The summed E-state index contributed by atoms with van der Waals surface area (Å²) < 4.78 is 14.4. The number of nitrogen functional groups attached to an aromatic ring is 1. The van der Waals surface area contributed by atoms with Crippen LogP contribution in [0.5, 0.6) is 0 Å². The van der Waals surface area contributed by atoms with Crippen molar-refractivity contribution in [3.63, 3.8) is 0 Å². The van der Waals surface area contributed by atoms with Crippen LogP contribution in [0.2, 0.25) is 0 Å². The summed E-state index contributed by atoms with van der Waals surface area (Å²) in [6.07, 6.45) is 1.76. The van der Waals surface area contributed by atoms with Crippen LogP contribution in [0.15, 0.2) is 31.6 Å². The van der Waals surface area contributed by atoms with Crippen LogP contribution in [0.25, 0.3) is 33.1 Å². The molecule has 0 fully saturated rings. The summed E-state index contributed by atoms with van der Waals surface area (Å²) in [6.45, 7) is 3.85. The lowest BCUT2D eigenvalue weighted by molar-refractivity contribution is 0.575. The molecule has 3 aromatic heterocycles. The van der Waals surface area contributed by atoms with E-state index >= 15 is 0 Å². The van der Waals surface area contributed by atoms with Crippen LogP contribution in [-0.4, -0.2) is 9.78 Å². The van der Waals surface area contributed by atoms with Crippen LogP contribution in [0.4, 0.5) is 5.82 Å². The number of furan rings is 2. The molecule has 4 aromatic rings. The van der Waals surface area contributed by atoms with Gasteiger partial charge in [0.2, 0.25) is 0 Å². The van der Waals surface area contributed by atoms with Crippen LogP contribution in [0.1, 0.15) is 11.5 Å². The van der Waals surface area contributed by atoms with Gasteiger partial charge >= 0.3 is 0 Å². The molecule has 2 N–H and O–H groups in total. The van der Waals surface area contributed by atoms with Gasteiger partial charge in [0, 0.05) is 28.9 Å². The first-order chi connectivity index (χ1) is 10.5. The molecule has 0 unspecified atom stereocenters. The summed E-state index contributed by atoms with van der Waals surface area (Å²) in [5, 5.41) is 6.18. The number of anilines is 1. The van der Waals surface area contributed by atoms with Crippen molar-refractivity contribution in [1.82, 2.24) is 9.78 Å². The fraction of sp³-hybridized carbons (Fsp3) is 0.188. The van der Waals surface area contributed by atoms with E-state index in [-0.39, 0.29) is 0 Å². The quantitative estimate of drug-likeness (QED) is 0.541. The lowest BCUT2D eigenvalue weighted by atomic mass is 10.0. The molecule has 0 radical (unpaired) electrons. The third kappa shape index (κ3) is 1.67. The fourth-order valence-electron chi connectivity index (χ4n) is 2.88. The summed E-state index contributed by atoms with van der Waals surface area (Å²) in [7, 11) is 1.82. The number of halogens is 1. The summed E-state index contributed by atoms with van der Waals surface area (Å²) in [5.74, 6) is 2.27. The summed E-state index contributed by atoms with van der Waals surface area (Å²) in [5.41, 5.74) is 9.54. The first-order valence-corrected chi connectivity index (χ1v) is 7.66. The van der Waals surface area contributed by atoms with Crippen molar-refractivity contribution in [2.45, 2.75) is 13.8 Å². The van der Waals surface area contributed by atoms with E-state index in [1.54, 1.807) is 10.9 Å². The van der Waals surface area contributed by atoms with E-state index in [4.69, 9.17) is 14.6 Å². The number of hydrogen-bond acceptors (Lipinski definition) is 4. The minimum atomic E-state index is 0.595.